The van der Waals surface area contributed by atoms with Crippen LogP contribution >= 0.6 is 0 Å². The number of nitrogens with two attached hydrogens (primary N) is 1. The van der Waals surface area contributed by atoms with Gasteiger partial charge in [-0.3, -0.25) is 15.1 Å². The van der Waals surface area contributed by atoms with Crippen LogP contribution in [0.3, 0.4) is 0 Å². The van der Waals surface area contributed by atoms with Gasteiger partial charge in [-0.25, -0.2) is 20.6 Å². The molecule has 34 heavy (non-hydrogen) atoms. The monoisotopic (exact) mass is 466 g/mol. The molecule has 0 bridgehead atoms. The minimum absolute atomic E-state index is 0.260. The molecule has 1 aliphatic heterocycles. The fraction of sp³-hybridized carbons (Fsp3) is 0.391. The van der Waals surface area contributed by atoms with E-state index >= 15 is 0 Å². The van der Waals surface area contributed by atoms with Crippen LogP contribution in [0.25, 0.3) is 11.0 Å². The average molecular weight is 467 g/mol. The Balaban J connectivity index is 1.36. The number of nitrogen functional groups attached to an aromatic ring is 1. The molecule has 0 saturated carbocycles. The number of hydrazine groups is 1. The SMILES string of the molecule is CC(C)(C)OC(=O)N1CCN(Cc2ccnc(Nc3nc4ccc(C(=O)NN)cc4[nH]3)c2)CC1. The molecule has 0 spiro atoms. The van der Waals surface area contributed by atoms with Crippen molar-refractivity contribution >= 4 is 34.8 Å². The minimum atomic E-state index is -0.490. The Labute approximate surface area is 197 Å². The van der Waals surface area contributed by atoms with Crippen molar-refractivity contribution in [2.24, 2.45) is 5.84 Å². The van der Waals surface area contributed by atoms with E-state index in [1.807, 2.05) is 32.9 Å². The summed E-state index contributed by atoms with van der Waals surface area (Å²) in [4.78, 5) is 40.1. The number of pyridine rings is 1. The zero-order valence-corrected chi connectivity index (χ0v) is 19.6. The number of ether oxygens (including phenoxy) is 1. The molecule has 1 aliphatic rings. The minimum Gasteiger partial charge on any atom is -0.444 e. The lowest BCUT2D eigenvalue weighted by Crippen LogP contribution is -2.49. The number of benzene rings is 1. The van der Waals surface area contributed by atoms with Gasteiger partial charge in [0.2, 0.25) is 5.95 Å². The molecule has 11 heteroatoms. The molecular weight excluding hydrogens is 436 g/mol. The zero-order chi connectivity index (χ0) is 24.3. The number of hydrogen-bond acceptors (Lipinski definition) is 8. The maximum absolute atomic E-state index is 12.3. The molecule has 0 unspecified atom stereocenters. The third kappa shape index (κ3) is 5.80. The summed E-state index contributed by atoms with van der Waals surface area (Å²) in [6.07, 6.45) is 1.49. The lowest BCUT2D eigenvalue weighted by Gasteiger charge is -2.35. The summed E-state index contributed by atoms with van der Waals surface area (Å²) in [5.41, 5.74) is 4.60. The van der Waals surface area contributed by atoms with E-state index in [-0.39, 0.29) is 12.0 Å². The number of carbonyl (C=O) groups is 2. The third-order valence-electron chi connectivity index (χ3n) is 5.38. The largest absolute Gasteiger partial charge is 0.444 e. The maximum Gasteiger partial charge on any atom is 0.410 e. The third-order valence-corrected chi connectivity index (χ3v) is 5.38. The van der Waals surface area contributed by atoms with Crippen LogP contribution in [-0.2, 0) is 11.3 Å². The molecular formula is C23H30N8O3. The zero-order valence-electron chi connectivity index (χ0n) is 19.6. The highest BCUT2D eigenvalue weighted by Crippen LogP contribution is 2.20. The number of aromatic nitrogens is 3. The van der Waals surface area contributed by atoms with E-state index in [1.54, 1.807) is 29.3 Å². The second-order valence-corrected chi connectivity index (χ2v) is 9.21. The van der Waals surface area contributed by atoms with E-state index in [4.69, 9.17) is 10.6 Å². The van der Waals surface area contributed by atoms with Gasteiger partial charge >= 0.3 is 6.09 Å². The summed E-state index contributed by atoms with van der Waals surface area (Å²) in [7, 11) is 0. The Morgan fingerprint density at radius 1 is 1.15 bits per heavy atom. The maximum atomic E-state index is 12.3. The van der Waals surface area contributed by atoms with Crippen LogP contribution in [-0.4, -0.2) is 68.5 Å². The van der Waals surface area contributed by atoms with E-state index in [0.717, 1.165) is 30.7 Å². The predicted molar refractivity (Wildman–Crippen MR) is 128 cm³/mol. The number of rotatable bonds is 5. The number of fused-ring (bicyclic) bond motifs is 1. The molecule has 3 aromatic rings. The molecule has 2 aromatic heterocycles. The number of nitrogens with one attached hydrogen (secondary N) is 3. The summed E-state index contributed by atoms with van der Waals surface area (Å²) in [5, 5.41) is 3.19. The smallest absolute Gasteiger partial charge is 0.410 e. The fourth-order valence-corrected chi connectivity index (χ4v) is 3.73. The highest BCUT2D eigenvalue weighted by Gasteiger charge is 2.25. The van der Waals surface area contributed by atoms with Gasteiger partial charge in [0, 0.05) is 44.5 Å². The molecule has 2 amide bonds. The molecule has 3 heterocycles. The van der Waals surface area contributed by atoms with Gasteiger partial charge in [0.05, 0.1) is 11.0 Å². The van der Waals surface area contributed by atoms with Crippen LogP contribution in [0.2, 0.25) is 0 Å². The summed E-state index contributed by atoms with van der Waals surface area (Å²) >= 11 is 0. The molecule has 0 radical (unpaired) electrons. The Hall–Kier alpha value is -3.70. The highest BCUT2D eigenvalue weighted by molar-refractivity contribution is 5.97. The number of H-pyrrole nitrogens is 1. The lowest BCUT2D eigenvalue weighted by atomic mass is 10.2. The molecule has 4 rings (SSSR count). The molecule has 1 saturated heterocycles. The molecule has 0 atom stereocenters. The number of amides is 2. The van der Waals surface area contributed by atoms with Crippen molar-refractivity contribution in [3.63, 3.8) is 0 Å². The lowest BCUT2D eigenvalue weighted by molar-refractivity contribution is 0.0139. The fourth-order valence-electron chi connectivity index (χ4n) is 3.73. The Kier molecular flexibility index (Phi) is 6.66. The summed E-state index contributed by atoms with van der Waals surface area (Å²) < 4.78 is 5.47. The van der Waals surface area contributed by atoms with Gasteiger partial charge in [-0.2, -0.15) is 0 Å². The first-order chi connectivity index (χ1) is 16.2. The van der Waals surface area contributed by atoms with Crippen LogP contribution in [0.1, 0.15) is 36.7 Å². The number of carbonyl (C=O) groups excluding carboxylic acids is 2. The second kappa shape index (κ2) is 9.65. The van der Waals surface area contributed by atoms with Gasteiger partial charge in [0.25, 0.3) is 5.91 Å². The Morgan fingerprint density at radius 3 is 2.62 bits per heavy atom. The van der Waals surface area contributed by atoms with Crippen LogP contribution < -0.4 is 16.6 Å². The predicted octanol–water partition coefficient (Wildman–Crippen LogP) is 2.36. The van der Waals surface area contributed by atoms with Crippen molar-refractivity contribution in [3.8, 4) is 0 Å². The second-order valence-electron chi connectivity index (χ2n) is 9.21. The standard InChI is InChI=1S/C23H30N8O3/c1-23(2,3)34-22(33)31-10-8-30(9-11-31)14-15-6-7-25-19(12-15)28-21-26-17-5-4-16(20(32)29-24)13-18(17)27-21/h4-7,12-13H,8-11,14,24H2,1-3H3,(H,29,32)(H2,25,26,27,28). The molecule has 1 fully saturated rings. The first-order valence-corrected chi connectivity index (χ1v) is 11.1. The van der Waals surface area contributed by atoms with Gasteiger partial charge in [0.1, 0.15) is 11.4 Å². The van der Waals surface area contributed by atoms with Crippen molar-refractivity contribution in [1.82, 2.24) is 30.2 Å². The molecule has 11 nitrogen and oxygen atoms in total. The molecule has 0 aliphatic carbocycles. The number of hydrogen-bond donors (Lipinski definition) is 4. The highest BCUT2D eigenvalue weighted by atomic mass is 16.6. The first-order valence-electron chi connectivity index (χ1n) is 11.1. The van der Waals surface area contributed by atoms with Gasteiger partial charge in [-0.15, -0.1) is 0 Å². The molecule has 5 N–H and O–H groups in total. The quantitative estimate of drug-likeness (QED) is 0.255. The summed E-state index contributed by atoms with van der Waals surface area (Å²) in [6, 6.07) is 9.05. The van der Waals surface area contributed by atoms with E-state index < -0.39 is 5.60 Å². The average Bonchev–Trinajstić information content (AvgIpc) is 3.19. The van der Waals surface area contributed by atoms with Crippen molar-refractivity contribution in [1.29, 1.82) is 0 Å². The van der Waals surface area contributed by atoms with Gasteiger partial charge in [-0.05, 0) is 56.7 Å². The topological polar surface area (TPSA) is 142 Å². The summed E-state index contributed by atoms with van der Waals surface area (Å²) in [5.74, 6) is 6.02. The van der Waals surface area contributed by atoms with Crippen molar-refractivity contribution in [2.45, 2.75) is 32.9 Å². The number of anilines is 2. The number of nitrogens with zero attached hydrogens (tertiary/aromatic N) is 4. The Morgan fingerprint density at radius 2 is 1.91 bits per heavy atom. The normalized spacial score (nSPS) is 14.8. The Bertz CT molecular complexity index is 1180. The van der Waals surface area contributed by atoms with Crippen LogP contribution in [0, 0.1) is 0 Å². The van der Waals surface area contributed by atoms with E-state index in [0.29, 0.717) is 35.9 Å². The van der Waals surface area contributed by atoms with E-state index in [1.165, 1.54) is 0 Å². The number of piperazine rings is 1. The summed E-state index contributed by atoms with van der Waals surface area (Å²) in [6.45, 7) is 9.18. The number of aromatic amines is 1. The number of imidazole rings is 1. The van der Waals surface area contributed by atoms with Crippen LogP contribution in [0.5, 0.6) is 0 Å². The van der Waals surface area contributed by atoms with Crippen molar-refractivity contribution in [2.75, 3.05) is 31.5 Å². The molecule has 180 valence electrons. The van der Waals surface area contributed by atoms with Crippen molar-refractivity contribution in [3.05, 3.63) is 47.7 Å². The first kappa shape index (κ1) is 23.5. The van der Waals surface area contributed by atoms with Crippen molar-refractivity contribution < 1.29 is 14.3 Å². The van der Waals surface area contributed by atoms with E-state index in [2.05, 4.69) is 30.6 Å². The van der Waals surface area contributed by atoms with Gasteiger partial charge < -0.3 is 19.9 Å². The van der Waals surface area contributed by atoms with Gasteiger partial charge in [-0.1, -0.05) is 0 Å². The van der Waals surface area contributed by atoms with Crippen LogP contribution in [0.15, 0.2) is 36.5 Å². The molecule has 1 aromatic carbocycles. The van der Waals surface area contributed by atoms with Crippen LogP contribution in [0.4, 0.5) is 16.6 Å². The van der Waals surface area contributed by atoms with Gasteiger partial charge in [0.15, 0.2) is 0 Å². The van der Waals surface area contributed by atoms with E-state index in [9.17, 15) is 9.59 Å².